The molecule has 25 heavy (non-hydrogen) atoms. The van der Waals surface area contributed by atoms with Crippen LogP contribution in [0.25, 0.3) is 0 Å². The van der Waals surface area contributed by atoms with E-state index in [4.69, 9.17) is 4.74 Å². The van der Waals surface area contributed by atoms with E-state index in [1.807, 2.05) is 6.07 Å². The van der Waals surface area contributed by atoms with Gasteiger partial charge in [-0.15, -0.1) is 0 Å². The average Bonchev–Trinajstić information content (AvgIpc) is 3.03. The lowest BCUT2D eigenvalue weighted by Crippen LogP contribution is -2.51. The molecule has 2 rings (SSSR count). The summed E-state index contributed by atoms with van der Waals surface area (Å²) in [6.45, 7) is 7.53. The molecule has 0 aromatic heterocycles. The zero-order valence-electron chi connectivity index (χ0n) is 15.2. The number of likely N-dealkylation sites (tertiary alicyclic amines) is 1. The first-order chi connectivity index (χ1) is 11.7. The van der Waals surface area contributed by atoms with Crippen molar-refractivity contribution in [2.45, 2.75) is 58.2 Å². The molecule has 6 nitrogen and oxygen atoms in total. The van der Waals surface area contributed by atoms with Crippen LogP contribution in [0.15, 0.2) is 30.3 Å². The Balaban J connectivity index is 2.00. The number of rotatable bonds is 4. The highest BCUT2D eigenvalue weighted by Gasteiger charge is 2.38. The van der Waals surface area contributed by atoms with E-state index < -0.39 is 17.7 Å². The standard InChI is InChI=1S/C19H26N2O4/c1-13(20-16(22)14-9-6-5-7-10-14)17(23)21-12-8-11-15(21)18(24)25-19(2,3)4/h5-7,9-10,13,15H,8,11-12H2,1-4H3,(H,20,22)/t13-,15-/m0/s1. The van der Waals surface area contributed by atoms with Gasteiger partial charge in [-0.2, -0.15) is 0 Å². The van der Waals surface area contributed by atoms with Crippen LogP contribution in [0.1, 0.15) is 50.9 Å². The number of esters is 1. The summed E-state index contributed by atoms with van der Waals surface area (Å²) in [5.41, 5.74) is -0.103. The maximum Gasteiger partial charge on any atom is 0.329 e. The van der Waals surface area contributed by atoms with Gasteiger partial charge in [-0.05, 0) is 52.7 Å². The van der Waals surface area contributed by atoms with Crippen LogP contribution in [0.4, 0.5) is 0 Å². The Morgan fingerprint density at radius 1 is 1.20 bits per heavy atom. The quantitative estimate of drug-likeness (QED) is 0.848. The molecule has 1 aliphatic rings. The summed E-state index contributed by atoms with van der Waals surface area (Å²) in [6.07, 6.45) is 1.33. The first-order valence-electron chi connectivity index (χ1n) is 8.58. The van der Waals surface area contributed by atoms with Gasteiger partial charge in [-0.25, -0.2) is 4.79 Å². The zero-order chi connectivity index (χ0) is 18.6. The Morgan fingerprint density at radius 3 is 2.44 bits per heavy atom. The molecule has 6 heteroatoms. The van der Waals surface area contributed by atoms with E-state index in [0.717, 1.165) is 6.42 Å². The zero-order valence-corrected chi connectivity index (χ0v) is 15.2. The van der Waals surface area contributed by atoms with Crippen molar-refractivity contribution in [2.75, 3.05) is 6.54 Å². The minimum Gasteiger partial charge on any atom is -0.458 e. The van der Waals surface area contributed by atoms with Crippen LogP contribution in [0.5, 0.6) is 0 Å². The molecule has 0 unspecified atom stereocenters. The lowest BCUT2D eigenvalue weighted by molar-refractivity contribution is -0.163. The van der Waals surface area contributed by atoms with Crippen molar-refractivity contribution in [1.29, 1.82) is 0 Å². The topological polar surface area (TPSA) is 75.7 Å². The Kier molecular flexibility index (Phi) is 5.82. The highest BCUT2D eigenvalue weighted by molar-refractivity contribution is 5.98. The van der Waals surface area contributed by atoms with Crippen LogP contribution in [0, 0.1) is 0 Å². The molecular formula is C19H26N2O4. The molecule has 0 radical (unpaired) electrons. The fraction of sp³-hybridized carbons (Fsp3) is 0.526. The predicted octanol–water partition coefficient (Wildman–Crippen LogP) is 2.14. The van der Waals surface area contributed by atoms with Gasteiger partial charge in [-0.1, -0.05) is 18.2 Å². The number of hydrogen-bond acceptors (Lipinski definition) is 4. The molecule has 1 aliphatic heterocycles. The van der Waals surface area contributed by atoms with Gasteiger partial charge in [0.2, 0.25) is 5.91 Å². The van der Waals surface area contributed by atoms with Crippen molar-refractivity contribution in [1.82, 2.24) is 10.2 Å². The van der Waals surface area contributed by atoms with Gasteiger partial charge in [0.15, 0.2) is 0 Å². The molecule has 0 aliphatic carbocycles. The van der Waals surface area contributed by atoms with Crippen LogP contribution in [0.3, 0.4) is 0 Å². The van der Waals surface area contributed by atoms with Crippen molar-refractivity contribution in [3.63, 3.8) is 0 Å². The minimum atomic E-state index is -0.712. The second kappa shape index (κ2) is 7.68. The summed E-state index contributed by atoms with van der Waals surface area (Å²) in [6, 6.07) is 7.43. The van der Waals surface area contributed by atoms with Gasteiger partial charge in [0, 0.05) is 12.1 Å². The van der Waals surface area contributed by atoms with Crippen molar-refractivity contribution >= 4 is 17.8 Å². The fourth-order valence-electron chi connectivity index (χ4n) is 2.83. The largest absolute Gasteiger partial charge is 0.458 e. The predicted molar refractivity (Wildman–Crippen MR) is 94.0 cm³/mol. The van der Waals surface area contributed by atoms with E-state index in [2.05, 4.69) is 5.32 Å². The van der Waals surface area contributed by atoms with Gasteiger partial charge in [0.25, 0.3) is 5.91 Å². The lowest BCUT2D eigenvalue weighted by atomic mass is 10.1. The summed E-state index contributed by atoms with van der Waals surface area (Å²) in [4.78, 5) is 38.8. The number of amides is 2. The highest BCUT2D eigenvalue weighted by atomic mass is 16.6. The van der Waals surface area contributed by atoms with E-state index in [9.17, 15) is 14.4 Å². The molecular weight excluding hydrogens is 320 g/mol. The van der Waals surface area contributed by atoms with Crippen molar-refractivity contribution in [3.05, 3.63) is 35.9 Å². The monoisotopic (exact) mass is 346 g/mol. The van der Waals surface area contributed by atoms with Crippen molar-refractivity contribution < 1.29 is 19.1 Å². The number of nitrogens with zero attached hydrogens (tertiary/aromatic N) is 1. The third-order valence-electron chi connectivity index (χ3n) is 3.97. The third kappa shape index (κ3) is 5.05. The van der Waals surface area contributed by atoms with E-state index in [-0.39, 0.29) is 17.8 Å². The van der Waals surface area contributed by atoms with Crippen LogP contribution >= 0.6 is 0 Å². The summed E-state index contributed by atoms with van der Waals surface area (Å²) in [5, 5.41) is 2.70. The smallest absolute Gasteiger partial charge is 0.329 e. The maximum absolute atomic E-state index is 12.7. The number of carbonyl (C=O) groups is 3. The van der Waals surface area contributed by atoms with Gasteiger partial charge in [0.1, 0.15) is 17.7 Å². The summed E-state index contributed by atoms with van der Waals surface area (Å²) in [7, 11) is 0. The SMILES string of the molecule is C[C@H](NC(=O)c1ccccc1)C(=O)N1CCC[C@H]1C(=O)OC(C)(C)C. The highest BCUT2D eigenvalue weighted by Crippen LogP contribution is 2.22. The number of carbonyl (C=O) groups excluding carboxylic acids is 3. The van der Waals surface area contributed by atoms with Crippen LogP contribution < -0.4 is 5.32 Å². The Hall–Kier alpha value is -2.37. The Bertz CT molecular complexity index is 637. The van der Waals surface area contributed by atoms with Crippen molar-refractivity contribution in [2.24, 2.45) is 0 Å². The number of ether oxygens (including phenoxy) is 1. The number of nitrogens with one attached hydrogen (secondary N) is 1. The van der Waals surface area contributed by atoms with Gasteiger partial charge in [0.05, 0.1) is 0 Å². The average molecular weight is 346 g/mol. The maximum atomic E-state index is 12.7. The van der Waals surface area contributed by atoms with Crippen LogP contribution in [-0.4, -0.2) is 46.9 Å². The second-order valence-electron chi connectivity index (χ2n) is 7.28. The van der Waals surface area contributed by atoms with Crippen LogP contribution in [0.2, 0.25) is 0 Å². The number of benzene rings is 1. The summed E-state index contributed by atoms with van der Waals surface area (Å²) < 4.78 is 5.41. The molecule has 1 fully saturated rings. The summed E-state index contributed by atoms with van der Waals surface area (Å²) >= 11 is 0. The molecule has 1 saturated heterocycles. The molecule has 1 aromatic rings. The third-order valence-corrected chi connectivity index (χ3v) is 3.97. The molecule has 0 saturated carbocycles. The normalized spacial score (nSPS) is 18.6. The molecule has 1 heterocycles. The lowest BCUT2D eigenvalue weighted by Gasteiger charge is -2.29. The first-order valence-corrected chi connectivity index (χ1v) is 8.58. The van der Waals surface area contributed by atoms with Crippen molar-refractivity contribution in [3.8, 4) is 0 Å². The van der Waals surface area contributed by atoms with Gasteiger partial charge >= 0.3 is 5.97 Å². The summed E-state index contributed by atoms with van der Waals surface area (Å²) in [5.74, 6) is -0.966. The molecule has 2 atom stereocenters. The van der Waals surface area contributed by atoms with Gasteiger partial charge < -0.3 is 15.0 Å². The number of hydrogen-bond donors (Lipinski definition) is 1. The van der Waals surface area contributed by atoms with E-state index in [1.54, 1.807) is 52.0 Å². The molecule has 1 aromatic carbocycles. The fourth-order valence-corrected chi connectivity index (χ4v) is 2.83. The second-order valence-corrected chi connectivity index (χ2v) is 7.28. The van der Waals surface area contributed by atoms with E-state index >= 15 is 0 Å². The molecule has 136 valence electrons. The first kappa shape index (κ1) is 19.0. The molecule has 1 N–H and O–H groups in total. The van der Waals surface area contributed by atoms with Crippen LogP contribution in [-0.2, 0) is 14.3 Å². The molecule has 0 bridgehead atoms. The molecule has 2 amide bonds. The van der Waals surface area contributed by atoms with Gasteiger partial charge in [-0.3, -0.25) is 9.59 Å². The van der Waals surface area contributed by atoms with E-state index in [0.29, 0.717) is 18.5 Å². The van der Waals surface area contributed by atoms with E-state index in [1.165, 1.54) is 4.90 Å². The Labute approximate surface area is 148 Å². The minimum absolute atomic E-state index is 0.266. The Morgan fingerprint density at radius 2 is 1.84 bits per heavy atom. The molecule has 0 spiro atoms.